The van der Waals surface area contributed by atoms with E-state index in [-0.39, 0.29) is 11.3 Å². The third-order valence-electron chi connectivity index (χ3n) is 3.01. The van der Waals surface area contributed by atoms with Gasteiger partial charge in [0.2, 0.25) is 0 Å². The van der Waals surface area contributed by atoms with Crippen LogP contribution in [0.5, 0.6) is 11.5 Å². The van der Waals surface area contributed by atoms with Crippen molar-refractivity contribution >= 4 is 10.8 Å². The van der Waals surface area contributed by atoms with E-state index in [2.05, 4.69) is 0 Å². The van der Waals surface area contributed by atoms with Gasteiger partial charge in [0.25, 0.3) is 0 Å². The maximum Gasteiger partial charge on any atom is 0.167 e. The van der Waals surface area contributed by atoms with E-state index in [1.165, 1.54) is 12.1 Å². The van der Waals surface area contributed by atoms with Crippen LogP contribution < -0.4 is 4.74 Å². The average Bonchev–Trinajstić information content (AvgIpc) is 2.49. The van der Waals surface area contributed by atoms with Crippen molar-refractivity contribution in [3.05, 3.63) is 72.0 Å². The number of hydrogen-bond donors (Lipinski definition) is 0. The molecule has 3 aromatic carbocycles. The number of fused-ring (bicyclic) bond motifs is 1. The Morgan fingerprint density at radius 3 is 2.45 bits per heavy atom. The molecule has 0 heterocycles. The summed E-state index contributed by atoms with van der Waals surface area (Å²) < 4.78 is 19.3. The average molecular weight is 263 g/mol. The molecule has 0 saturated heterocycles. The van der Waals surface area contributed by atoms with E-state index in [4.69, 9.17) is 10.00 Å². The monoisotopic (exact) mass is 263 g/mol. The summed E-state index contributed by atoms with van der Waals surface area (Å²) in [4.78, 5) is 0. The lowest BCUT2D eigenvalue weighted by Gasteiger charge is -2.08. The fraction of sp³-hybridized carbons (Fsp3) is 0. The Morgan fingerprint density at radius 1 is 0.900 bits per heavy atom. The van der Waals surface area contributed by atoms with Gasteiger partial charge >= 0.3 is 0 Å². The molecular formula is C17H10FNO. The van der Waals surface area contributed by atoms with Crippen LogP contribution in [0.15, 0.2) is 60.7 Å². The molecular weight excluding hydrogens is 253 g/mol. The molecule has 20 heavy (non-hydrogen) atoms. The zero-order chi connectivity index (χ0) is 13.9. The van der Waals surface area contributed by atoms with E-state index in [1.54, 1.807) is 6.07 Å². The molecule has 0 aromatic heterocycles. The van der Waals surface area contributed by atoms with Gasteiger partial charge in [0, 0.05) is 0 Å². The van der Waals surface area contributed by atoms with Gasteiger partial charge in [-0.15, -0.1) is 0 Å². The molecule has 0 aliphatic rings. The molecule has 0 bridgehead atoms. The van der Waals surface area contributed by atoms with Crippen molar-refractivity contribution in [3.8, 4) is 17.6 Å². The summed E-state index contributed by atoms with van der Waals surface area (Å²) >= 11 is 0. The van der Waals surface area contributed by atoms with Gasteiger partial charge in [0.05, 0.1) is 11.6 Å². The van der Waals surface area contributed by atoms with Crippen molar-refractivity contribution in [2.24, 2.45) is 0 Å². The van der Waals surface area contributed by atoms with Crippen LogP contribution in [-0.4, -0.2) is 0 Å². The summed E-state index contributed by atoms with van der Waals surface area (Å²) in [5, 5.41) is 10.8. The van der Waals surface area contributed by atoms with Crippen molar-refractivity contribution in [2.75, 3.05) is 0 Å². The molecule has 0 fully saturated rings. The molecule has 0 amide bonds. The molecule has 0 unspecified atom stereocenters. The molecule has 0 N–H and O–H groups in total. The van der Waals surface area contributed by atoms with Crippen molar-refractivity contribution in [3.63, 3.8) is 0 Å². The summed E-state index contributed by atoms with van der Waals surface area (Å²) in [5.74, 6) is 0.129. The van der Waals surface area contributed by atoms with Gasteiger partial charge < -0.3 is 4.74 Å². The van der Waals surface area contributed by atoms with Crippen LogP contribution in [-0.2, 0) is 0 Å². The Balaban J connectivity index is 1.95. The molecule has 3 rings (SSSR count). The zero-order valence-electron chi connectivity index (χ0n) is 10.5. The number of nitrogens with zero attached hydrogens (tertiary/aromatic N) is 1. The molecule has 2 nitrogen and oxygen atoms in total. The molecule has 96 valence electrons. The highest BCUT2D eigenvalue weighted by Gasteiger charge is 2.06. The number of nitriles is 1. The van der Waals surface area contributed by atoms with Gasteiger partial charge in [0.15, 0.2) is 11.6 Å². The molecule has 0 spiro atoms. The fourth-order valence-corrected chi connectivity index (χ4v) is 2.01. The minimum atomic E-state index is -0.544. The van der Waals surface area contributed by atoms with Crippen LogP contribution in [0.3, 0.4) is 0 Å². The fourth-order valence-electron chi connectivity index (χ4n) is 2.01. The normalized spacial score (nSPS) is 10.2. The summed E-state index contributed by atoms with van der Waals surface area (Å²) in [6.07, 6.45) is 0. The van der Waals surface area contributed by atoms with Crippen LogP contribution in [0, 0.1) is 17.1 Å². The Hall–Kier alpha value is -2.86. The summed E-state index contributed by atoms with van der Waals surface area (Å²) in [7, 11) is 0. The number of hydrogen-bond acceptors (Lipinski definition) is 2. The van der Waals surface area contributed by atoms with E-state index in [0.29, 0.717) is 5.75 Å². The van der Waals surface area contributed by atoms with Crippen LogP contribution in [0.1, 0.15) is 5.56 Å². The maximum atomic E-state index is 13.8. The second kappa shape index (κ2) is 5.02. The van der Waals surface area contributed by atoms with Crippen molar-refractivity contribution in [1.82, 2.24) is 0 Å². The lowest BCUT2D eigenvalue weighted by Crippen LogP contribution is -1.89. The first-order chi connectivity index (χ1) is 9.76. The number of benzene rings is 3. The quantitative estimate of drug-likeness (QED) is 0.674. The van der Waals surface area contributed by atoms with E-state index in [9.17, 15) is 4.39 Å². The van der Waals surface area contributed by atoms with Gasteiger partial charge in [-0.05, 0) is 41.1 Å². The molecule has 3 aromatic rings. The lowest BCUT2D eigenvalue weighted by molar-refractivity contribution is 0.442. The predicted molar refractivity (Wildman–Crippen MR) is 75.1 cm³/mol. The Morgan fingerprint density at radius 2 is 1.70 bits per heavy atom. The first-order valence-corrected chi connectivity index (χ1v) is 6.12. The molecule has 0 saturated carbocycles. The van der Waals surface area contributed by atoms with Gasteiger partial charge in [0.1, 0.15) is 5.75 Å². The number of halogens is 1. The SMILES string of the molecule is N#Cc1ccc(Oc2ccc3ccccc3c2)c(F)c1. The first-order valence-electron chi connectivity index (χ1n) is 6.12. The molecule has 0 aliphatic carbocycles. The van der Waals surface area contributed by atoms with Crippen LogP contribution in [0.4, 0.5) is 4.39 Å². The topological polar surface area (TPSA) is 33.0 Å². The van der Waals surface area contributed by atoms with Crippen LogP contribution in [0.2, 0.25) is 0 Å². The second-order valence-electron chi connectivity index (χ2n) is 4.37. The predicted octanol–water partition coefficient (Wildman–Crippen LogP) is 4.64. The van der Waals surface area contributed by atoms with Gasteiger partial charge in [-0.25, -0.2) is 4.39 Å². The third kappa shape index (κ3) is 2.32. The zero-order valence-corrected chi connectivity index (χ0v) is 10.5. The Kier molecular flexibility index (Phi) is 3.06. The van der Waals surface area contributed by atoms with E-state index >= 15 is 0 Å². The third-order valence-corrected chi connectivity index (χ3v) is 3.01. The number of rotatable bonds is 2. The van der Waals surface area contributed by atoms with E-state index in [0.717, 1.165) is 16.8 Å². The minimum absolute atomic E-state index is 0.110. The number of ether oxygens (including phenoxy) is 1. The summed E-state index contributed by atoms with van der Waals surface area (Å²) in [6, 6.07) is 19.5. The van der Waals surface area contributed by atoms with Gasteiger partial charge in [-0.3, -0.25) is 0 Å². The smallest absolute Gasteiger partial charge is 0.167 e. The highest BCUT2D eigenvalue weighted by Crippen LogP contribution is 2.27. The van der Waals surface area contributed by atoms with Crippen molar-refractivity contribution in [2.45, 2.75) is 0 Å². The van der Waals surface area contributed by atoms with Gasteiger partial charge in [-0.1, -0.05) is 30.3 Å². The Labute approximate surface area is 115 Å². The lowest BCUT2D eigenvalue weighted by atomic mass is 10.1. The molecule has 0 aliphatic heterocycles. The second-order valence-corrected chi connectivity index (χ2v) is 4.37. The van der Waals surface area contributed by atoms with E-state index < -0.39 is 5.82 Å². The standard InChI is InChI=1S/C17H10FNO/c18-16-9-12(11-19)5-8-17(16)20-15-7-6-13-3-1-2-4-14(13)10-15/h1-10H. The highest BCUT2D eigenvalue weighted by atomic mass is 19.1. The summed E-state index contributed by atoms with van der Waals surface area (Å²) in [6.45, 7) is 0. The van der Waals surface area contributed by atoms with Crippen molar-refractivity contribution < 1.29 is 9.13 Å². The van der Waals surface area contributed by atoms with Crippen LogP contribution >= 0.6 is 0 Å². The minimum Gasteiger partial charge on any atom is -0.454 e. The largest absolute Gasteiger partial charge is 0.454 e. The van der Waals surface area contributed by atoms with Crippen molar-refractivity contribution in [1.29, 1.82) is 5.26 Å². The molecule has 0 atom stereocenters. The van der Waals surface area contributed by atoms with E-state index in [1.807, 2.05) is 42.5 Å². The maximum absolute atomic E-state index is 13.8. The molecule has 3 heteroatoms. The van der Waals surface area contributed by atoms with Crippen LogP contribution in [0.25, 0.3) is 10.8 Å². The first kappa shape index (κ1) is 12.2. The highest BCUT2D eigenvalue weighted by molar-refractivity contribution is 5.83. The Bertz CT molecular complexity index is 821. The van der Waals surface area contributed by atoms with Gasteiger partial charge in [-0.2, -0.15) is 5.26 Å². The molecule has 0 radical (unpaired) electrons. The summed E-state index contributed by atoms with van der Waals surface area (Å²) in [5.41, 5.74) is 0.272.